The topological polar surface area (TPSA) is 43.1 Å². The molecule has 2 heteroatoms. The second-order valence-corrected chi connectivity index (χ2v) is 4.23. The van der Waals surface area contributed by atoms with Crippen LogP contribution in [0.25, 0.3) is 6.08 Å². The molecule has 0 fully saturated rings. The Balaban J connectivity index is 2.14. The van der Waals surface area contributed by atoms with Gasteiger partial charge >= 0.3 is 0 Å². The molecular weight excluding hydrogens is 222 g/mol. The number of carbonyl (C=O) groups excluding carboxylic acids is 1. The van der Waals surface area contributed by atoms with Crippen molar-refractivity contribution in [3.63, 3.8) is 0 Å². The lowest BCUT2D eigenvalue weighted by atomic mass is 10.1. The van der Waals surface area contributed by atoms with Gasteiger partial charge in [0, 0.05) is 11.3 Å². The van der Waals surface area contributed by atoms with Crippen LogP contribution in [0, 0.1) is 6.92 Å². The van der Waals surface area contributed by atoms with Crippen molar-refractivity contribution in [1.82, 2.24) is 0 Å². The predicted molar refractivity (Wildman–Crippen MR) is 75.4 cm³/mol. The second kappa shape index (κ2) is 5.32. The molecule has 90 valence electrons. The van der Waals surface area contributed by atoms with Gasteiger partial charge in [-0.15, -0.1) is 0 Å². The van der Waals surface area contributed by atoms with Crippen LogP contribution in [0.2, 0.25) is 0 Å². The van der Waals surface area contributed by atoms with Gasteiger partial charge in [-0.3, -0.25) is 4.79 Å². The molecule has 0 spiro atoms. The van der Waals surface area contributed by atoms with Crippen molar-refractivity contribution in [1.29, 1.82) is 0 Å². The summed E-state index contributed by atoms with van der Waals surface area (Å²) in [4.78, 5) is 11.9. The molecule has 0 atom stereocenters. The molecule has 0 heterocycles. The van der Waals surface area contributed by atoms with Gasteiger partial charge in [-0.1, -0.05) is 48.0 Å². The van der Waals surface area contributed by atoms with E-state index in [-0.39, 0.29) is 5.78 Å². The van der Waals surface area contributed by atoms with E-state index in [0.717, 1.165) is 5.56 Å². The quantitative estimate of drug-likeness (QED) is 0.504. The van der Waals surface area contributed by atoms with E-state index in [2.05, 4.69) is 0 Å². The highest BCUT2D eigenvalue weighted by Gasteiger charge is 2.01. The highest BCUT2D eigenvalue weighted by Crippen LogP contribution is 2.10. The summed E-state index contributed by atoms with van der Waals surface area (Å²) in [5.74, 6) is -0.0390. The summed E-state index contributed by atoms with van der Waals surface area (Å²) in [6, 6.07) is 15.0. The number of carbonyl (C=O) groups is 1. The fourth-order valence-electron chi connectivity index (χ4n) is 1.64. The second-order valence-electron chi connectivity index (χ2n) is 4.23. The van der Waals surface area contributed by atoms with Gasteiger partial charge in [0.15, 0.2) is 5.78 Å². The molecule has 2 aromatic carbocycles. The first kappa shape index (κ1) is 12.1. The maximum Gasteiger partial charge on any atom is 0.185 e. The molecule has 0 amide bonds. The van der Waals surface area contributed by atoms with Crippen LogP contribution >= 0.6 is 0 Å². The normalized spacial score (nSPS) is 10.7. The predicted octanol–water partition coefficient (Wildman–Crippen LogP) is 3.47. The standard InChI is InChI=1S/C16H15NO/c1-12-5-7-13(8-6-12)9-10-16(18)14-3-2-4-15(17)11-14/h2-11H,17H2,1H3. The molecule has 0 bridgehead atoms. The van der Waals surface area contributed by atoms with E-state index in [0.29, 0.717) is 11.3 Å². The molecule has 0 saturated heterocycles. The lowest BCUT2D eigenvalue weighted by Gasteiger charge is -1.98. The molecule has 2 rings (SSSR count). The van der Waals surface area contributed by atoms with Crippen molar-refractivity contribution in [3.8, 4) is 0 Å². The van der Waals surface area contributed by atoms with Crippen LogP contribution in [0.3, 0.4) is 0 Å². The summed E-state index contributed by atoms with van der Waals surface area (Å²) in [6.07, 6.45) is 3.38. The summed E-state index contributed by atoms with van der Waals surface area (Å²) in [7, 11) is 0. The van der Waals surface area contributed by atoms with Crippen LogP contribution in [0.15, 0.2) is 54.6 Å². The van der Waals surface area contributed by atoms with Gasteiger partial charge in [0.2, 0.25) is 0 Å². The number of aryl methyl sites for hydroxylation is 1. The summed E-state index contributed by atoms with van der Waals surface area (Å²) >= 11 is 0. The number of benzene rings is 2. The third-order valence-electron chi connectivity index (χ3n) is 2.68. The van der Waals surface area contributed by atoms with Gasteiger partial charge in [-0.2, -0.15) is 0 Å². The average molecular weight is 237 g/mol. The number of nitrogen functional groups attached to an aromatic ring is 1. The molecule has 0 unspecified atom stereocenters. The Labute approximate surface area is 107 Å². The first-order valence-electron chi connectivity index (χ1n) is 5.80. The maximum atomic E-state index is 11.9. The Morgan fingerprint density at radius 2 is 1.83 bits per heavy atom. The van der Waals surface area contributed by atoms with Gasteiger partial charge < -0.3 is 5.73 Å². The maximum absolute atomic E-state index is 11.9. The summed E-state index contributed by atoms with van der Waals surface area (Å²) in [5, 5.41) is 0. The molecule has 0 saturated carbocycles. The zero-order chi connectivity index (χ0) is 13.0. The number of hydrogen-bond acceptors (Lipinski definition) is 2. The Kier molecular flexibility index (Phi) is 3.58. The number of allylic oxidation sites excluding steroid dienone is 1. The van der Waals surface area contributed by atoms with Crippen LogP contribution in [0.1, 0.15) is 21.5 Å². The molecule has 0 aliphatic carbocycles. The van der Waals surface area contributed by atoms with E-state index in [4.69, 9.17) is 5.73 Å². The smallest absolute Gasteiger partial charge is 0.185 e. The molecular formula is C16H15NO. The number of ketones is 1. The number of rotatable bonds is 3. The summed E-state index contributed by atoms with van der Waals surface area (Å²) in [6.45, 7) is 2.03. The van der Waals surface area contributed by atoms with Gasteiger partial charge in [0.25, 0.3) is 0 Å². The van der Waals surface area contributed by atoms with Crippen molar-refractivity contribution < 1.29 is 4.79 Å². The van der Waals surface area contributed by atoms with E-state index in [1.807, 2.05) is 37.3 Å². The van der Waals surface area contributed by atoms with E-state index < -0.39 is 0 Å². The molecule has 2 nitrogen and oxygen atoms in total. The minimum atomic E-state index is -0.0390. The van der Waals surface area contributed by atoms with E-state index in [1.165, 1.54) is 5.56 Å². The van der Waals surface area contributed by atoms with Gasteiger partial charge in [0.1, 0.15) is 0 Å². The Bertz CT molecular complexity index is 582. The largest absolute Gasteiger partial charge is 0.399 e. The average Bonchev–Trinajstić information content (AvgIpc) is 2.38. The molecule has 0 aliphatic heterocycles. The Hall–Kier alpha value is -2.35. The lowest BCUT2D eigenvalue weighted by Crippen LogP contribution is -1.95. The monoisotopic (exact) mass is 237 g/mol. The first-order chi connectivity index (χ1) is 8.65. The van der Waals surface area contributed by atoms with E-state index in [9.17, 15) is 4.79 Å². The van der Waals surface area contributed by atoms with Crippen molar-refractivity contribution >= 4 is 17.5 Å². The van der Waals surface area contributed by atoms with Crippen LogP contribution in [0.4, 0.5) is 5.69 Å². The van der Waals surface area contributed by atoms with E-state index >= 15 is 0 Å². The minimum Gasteiger partial charge on any atom is -0.399 e. The SMILES string of the molecule is Cc1ccc(C=CC(=O)c2cccc(N)c2)cc1. The van der Waals surface area contributed by atoms with E-state index in [1.54, 1.807) is 30.3 Å². The highest BCUT2D eigenvalue weighted by atomic mass is 16.1. The zero-order valence-corrected chi connectivity index (χ0v) is 10.3. The fourth-order valence-corrected chi connectivity index (χ4v) is 1.64. The van der Waals surface area contributed by atoms with Crippen LogP contribution in [-0.4, -0.2) is 5.78 Å². The van der Waals surface area contributed by atoms with Crippen LogP contribution in [0.5, 0.6) is 0 Å². The third kappa shape index (κ3) is 3.08. The first-order valence-corrected chi connectivity index (χ1v) is 5.80. The van der Waals surface area contributed by atoms with Crippen molar-refractivity contribution in [2.45, 2.75) is 6.92 Å². The van der Waals surface area contributed by atoms with Crippen LogP contribution in [-0.2, 0) is 0 Å². The molecule has 2 N–H and O–H groups in total. The van der Waals surface area contributed by atoms with Crippen molar-refractivity contribution in [2.24, 2.45) is 0 Å². The summed E-state index contributed by atoms with van der Waals surface area (Å²) < 4.78 is 0. The van der Waals surface area contributed by atoms with Crippen LogP contribution < -0.4 is 5.73 Å². The van der Waals surface area contributed by atoms with Gasteiger partial charge in [-0.05, 0) is 30.7 Å². The van der Waals surface area contributed by atoms with Gasteiger partial charge in [-0.25, -0.2) is 0 Å². The van der Waals surface area contributed by atoms with Crippen molar-refractivity contribution in [2.75, 3.05) is 5.73 Å². The fraction of sp³-hybridized carbons (Fsp3) is 0.0625. The number of anilines is 1. The molecule has 18 heavy (non-hydrogen) atoms. The zero-order valence-electron chi connectivity index (χ0n) is 10.3. The molecule has 2 aromatic rings. The number of hydrogen-bond donors (Lipinski definition) is 1. The Morgan fingerprint density at radius 3 is 2.50 bits per heavy atom. The molecule has 0 aliphatic rings. The molecule has 0 aromatic heterocycles. The van der Waals surface area contributed by atoms with Gasteiger partial charge in [0.05, 0.1) is 0 Å². The Morgan fingerprint density at radius 1 is 1.11 bits per heavy atom. The third-order valence-corrected chi connectivity index (χ3v) is 2.68. The lowest BCUT2D eigenvalue weighted by molar-refractivity contribution is 0.104. The minimum absolute atomic E-state index is 0.0390. The highest BCUT2D eigenvalue weighted by molar-refractivity contribution is 6.07. The molecule has 0 radical (unpaired) electrons. The number of nitrogens with two attached hydrogens (primary N) is 1. The summed E-state index contributed by atoms with van der Waals surface area (Å²) in [5.41, 5.74) is 9.07. The van der Waals surface area contributed by atoms with Crippen molar-refractivity contribution in [3.05, 3.63) is 71.3 Å².